The molecule has 0 spiro atoms. The molecule has 138 valence electrons. The van der Waals surface area contributed by atoms with Crippen LogP contribution in [0.15, 0.2) is 29.3 Å². The molecule has 0 aliphatic carbocycles. The maximum absolute atomic E-state index is 11.7. The smallest absolute Gasteiger partial charge is 0.269 e. The molecular formula is C16H24IN5O3. The van der Waals surface area contributed by atoms with E-state index in [2.05, 4.69) is 15.6 Å². The van der Waals surface area contributed by atoms with Crippen LogP contribution in [0.25, 0.3) is 0 Å². The first-order chi connectivity index (χ1) is 11.5. The Labute approximate surface area is 164 Å². The molecular weight excluding hydrogens is 437 g/mol. The van der Waals surface area contributed by atoms with Gasteiger partial charge in [0.1, 0.15) is 0 Å². The molecule has 1 aromatic carbocycles. The van der Waals surface area contributed by atoms with E-state index in [4.69, 9.17) is 0 Å². The molecule has 1 fully saturated rings. The van der Waals surface area contributed by atoms with Gasteiger partial charge in [0.25, 0.3) is 5.69 Å². The molecule has 8 nitrogen and oxygen atoms in total. The third-order valence-electron chi connectivity index (χ3n) is 3.99. The van der Waals surface area contributed by atoms with Gasteiger partial charge < -0.3 is 15.5 Å². The average Bonchev–Trinajstić information content (AvgIpc) is 3.06. The lowest BCUT2D eigenvalue weighted by Gasteiger charge is -2.18. The predicted octanol–water partition coefficient (Wildman–Crippen LogP) is 1.89. The number of aliphatic imine (C=N–C) groups is 1. The molecule has 1 atom stereocenters. The molecule has 1 unspecified atom stereocenters. The monoisotopic (exact) mass is 461 g/mol. The van der Waals surface area contributed by atoms with Crippen molar-refractivity contribution in [1.82, 2.24) is 15.5 Å². The van der Waals surface area contributed by atoms with E-state index in [0.717, 1.165) is 18.5 Å². The van der Waals surface area contributed by atoms with Gasteiger partial charge in [-0.15, -0.1) is 24.0 Å². The van der Waals surface area contributed by atoms with Gasteiger partial charge in [0, 0.05) is 51.3 Å². The molecule has 25 heavy (non-hydrogen) atoms. The van der Waals surface area contributed by atoms with Gasteiger partial charge in [0.2, 0.25) is 5.91 Å². The quantitative estimate of drug-likeness (QED) is 0.229. The SMILES string of the molecule is CCC(=O)N1CCC(NC(=NC)NCc2cccc([N+](=O)[O-])c2)C1.I. The number of carbonyl (C=O) groups is 1. The Morgan fingerprint density at radius 1 is 1.48 bits per heavy atom. The summed E-state index contributed by atoms with van der Waals surface area (Å²) in [5.41, 5.74) is 0.878. The number of amides is 1. The summed E-state index contributed by atoms with van der Waals surface area (Å²) >= 11 is 0. The zero-order chi connectivity index (χ0) is 17.5. The topological polar surface area (TPSA) is 99.9 Å². The summed E-state index contributed by atoms with van der Waals surface area (Å²) in [7, 11) is 1.67. The molecule has 0 bridgehead atoms. The lowest BCUT2D eigenvalue weighted by molar-refractivity contribution is -0.384. The van der Waals surface area contributed by atoms with Gasteiger partial charge in [-0.25, -0.2) is 0 Å². The van der Waals surface area contributed by atoms with Gasteiger partial charge in [-0.1, -0.05) is 19.1 Å². The molecule has 1 aliphatic heterocycles. The number of nitrogens with zero attached hydrogens (tertiary/aromatic N) is 3. The minimum Gasteiger partial charge on any atom is -0.352 e. The fourth-order valence-electron chi connectivity index (χ4n) is 2.68. The van der Waals surface area contributed by atoms with Gasteiger partial charge in [-0.3, -0.25) is 19.9 Å². The molecule has 1 heterocycles. The zero-order valence-corrected chi connectivity index (χ0v) is 16.7. The number of hydrogen-bond acceptors (Lipinski definition) is 4. The van der Waals surface area contributed by atoms with E-state index in [9.17, 15) is 14.9 Å². The van der Waals surface area contributed by atoms with Crippen molar-refractivity contribution in [3.63, 3.8) is 0 Å². The lowest BCUT2D eigenvalue weighted by atomic mass is 10.2. The molecule has 1 saturated heterocycles. The number of hydrogen-bond donors (Lipinski definition) is 2. The number of guanidine groups is 1. The summed E-state index contributed by atoms with van der Waals surface area (Å²) in [5.74, 6) is 0.788. The number of nitro benzene ring substituents is 1. The highest BCUT2D eigenvalue weighted by molar-refractivity contribution is 14.0. The van der Waals surface area contributed by atoms with E-state index in [1.54, 1.807) is 13.1 Å². The average molecular weight is 461 g/mol. The van der Waals surface area contributed by atoms with Gasteiger partial charge in [-0.2, -0.15) is 0 Å². The van der Waals surface area contributed by atoms with Crippen molar-refractivity contribution in [3.05, 3.63) is 39.9 Å². The van der Waals surface area contributed by atoms with Crippen LogP contribution in [0.5, 0.6) is 0 Å². The Hall–Kier alpha value is -1.91. The van der Waals surface area contributed by atoms with Crippen LogP contribution in [-0.2, 0) is 11.3 Å². The lowest BCUT2D eigenvalue weighted by Crippen LogP contribution is -2.44. The van der Waals surface area contributed by atoms with Crippen LogP contribution in [-0.4, -0.2) is 47.9 Å². The highest BCUT2D eigenvalue weighted by Crippen LogP contribution is 2.13. The van der Waals surface area contributed by atoms with E-state index < -0.39 is 4.92 Å². The van der Waals surface area contributed by atoms with Crippen LogP contribution in [0.2, 0.25) is 0 Å². The third kappa shape index (κ3) is 6.15. The normalized spacial score (nSPS) is 17.0. The van der Waals surface area contributed by atoms with E-state index in [-0.39, 0.29) is 41.6 Å². The first-order valence-electron chi connectivity index (χ1n) is 8.01. The van der Waals surface area contributed by atoms with Crippen molar-refractivity contribution in [2.75, 3.05) is 20.1 Å². The fraction of sp³-hybridized carbons (Fsp3) is 0.500. The minimum absolute atomic E-state index is 0. The van der Waals surface area contributed by atoms with E-state index >= 15 is 0 Å². The maximum Gasteiger partial charge on any atom is 0.269 e. The molecule has 2 rings (SSSR count). The second-order valence-corrected chi connectivity index (χ2v) is 5.68. The summed E-state index contributed by atoms with van der Waals surface area (Å²) in [6.07, 6.45) is 1.40. The first kappa shape index (κ1) is 21.1. The number of rotatable bonds is 5. The van der Waals surface area contributed by atoms with Crippen molar-refractivity contribution < 1.29 is 9.72 Å². The predicted molar refractivity (Wildman–Crippen MR) is 107 cm³/mol. The van der Waals surface area contributed by atoms with Gasteiger partial charge in [-0.05, 0) is 12.0 Å². The molecule has 2 N–H and O–H groups in total. The molecule has 1 aliphatic rings. The van der Waals surface area contributed by atoms with Crippen molar-refractivity contribution in [2.45, 2.75) is 32.4 Å². The van der Waals surface area contributed by atoms with Crippen LogP contribution >= 0.6 is 24.0 Å². The Morgan fingerprint density at radius 2 is 2.24 bits per heavy atom. The molecule has 0 radical (unpaired) electrons. The van der Waals surface area contributed by atoms with Crippen LogP contribution in [0, 0.1) is 10.1 Å². The number of non-ortho nitro benzene ring substituents is 1. The van der Waals surface area contributed by atoms with Gasteiger partial charge in [0.05, 0.1) is 4.92 Å². The maximum atomic E-state index is 11.7. The van der Waals surface area contributed by atoms with Crippen LogP contribution < -0.4 is 10.6 Å². The molecule has 0 saturated carbocycles. The van der Waals surface area contributed by atoms with Crippen molar-refractivity contribution >= 4 is 41.5 Å². The van der Waals surface area contributed by atoms with Crippen molar-refractivity contribution in [1.29, 1.82) is 0 Å². The summed E-state index contributed by atoms with van der Waals surface area (Å²) in [4.78, 5) is 28.1. The molecule has 1 aromatic rings. The Balaban J connectivity index is 0.00000312. The highest BCUT2D eigenvalue weighted by Gasteiger charge is 2.25. The number of carbonyl (C=O) groups excluding carboxylic acids is 1. The van der Waals surface area contributed by atoms with Crippen LogP contribution in [0.1, 0.15) is 25.3 Å². The van der Waals surface area contributed by atoms with E-state index in [0.29, 0.717) is 25.5 Å². The van der Waals surface area contributed by atoms with Gasteiger partial charge in [0.15, 0.2) is 5.96 Å². The Morgan fingerprint density at radius 3 is 2.88 bits per heavy atom. The minimum atomic E-state index is -0.408. The Bertz CT molecular complexity index is 638. The Kier molecular flexibility index (Phi) is 8.59. The second-order valence-electron chi connectivity index (χ2n) is 5.68. The van der Waals surface area contributed by atoms with Crippen LogP contribution in [0.3, 0.4) is 0 Å². The highest BCUT2D eigenvalue weighted by atomic mass is 127. The second kappa shape index (κ2) is 10.2. The molecule has 1 amide bonds. The number of halogens is 1. The fourth-order valence-corrected chi connectivity index (χ4v) is 2.68. The van der Waals surface area contributed by atoms with Crippen molar-refractivity contribution in [2.24, 2.45) is 4.99 Å². The number of benzene rings is 1. The molecule has 9 heteroatoms. The standard InChI is InChI=1S/C16H23N5O3.HI/c1-3-15(22)20-8-7-13(11-20)19-16(17-2)18-10-12-5-4-6-14(9-12)21(23)24;/h4-6,9,13H,3,7-8,10-11H2,1-2H3,(H2,17,18,19);1H. The van der Waals surface area contributed by atoms with Crippen molar-refractivity contribution in [3.8, 4) is 0 Å². The van der Waals surface area contributed by atoms with E-state index in [1.807, 2.05) is 17.9 Å². The van der Waals surface area contributed by atoms with E-state index in [1.165, 1.54) is 12.1 Å². The van der Waals surface area contributed by atoms with Crippen LogP contribution in [0.4, 0.5) is 5.69 Å². The number of likely N-dealkylation sites (tertiary alicyclic amines) is 1. The third-order valence-corrected chi connectivity index (χ3v) is 3.99. The largest absolute Gasteiger partial charge is 0.352 e. The number of nitro groups is 1. The summed E-state index contributed by atoms with van der Waals surface area (Å²) in [6, 6.07) is 6.66. The summed E-state index contributed by atoms with van der Waals surface area (Å²) < 4.78 is 0. The summed E-state index contributed by atoms with van der Waals surface area (Å²) in [5, 5.41) is 17.2. The molecule has 0 aromatic heterocycles. The summed E-state index contributed by atoms with van der Waals surface area (Å²) in [6.45, 7) is 3.73. The number of nitrogens with one attached hydrogen (secondary N) is 2. The first-order valence-corrected chi connectivity index (χ1v) is 8.01. The van der Waals surface area contributed by atoms with Gasteiger partial charge >= 0.3 is 0 Å². The zero-order valence-electron chi connectivity index (χ0n) is 14.4.